The Morgan fingerprint density at radius 1 is 1.06 bits per heavy atom. The number of amides is 1. The molecule has 7 nitrogen and oxygen atoms in total. The van der Waals surface area contributed by atoms with Gasteiger partial charge < -0.3 is 14.5 Å². The van der Waals surface area contributed by atoms with E-state index in [1.807, 2.05) is 50.3 Å². The highest BCUT2D eigenvalue weighted by Gasteiger charge is 2.26. The predicted octanol–water partition coefficient (Wildman–Crippen LogP) is 4.72. The lowest BCUT2D eigenvalue weighted by Gasteiger charge is -2.37. The fourth-order valence-corrected chi connectivity index (χ4v) is 3.81. The van der Waals surface area contributed by atoms with Crippen LogP contribution in [0.4, 0.5) is 0 Å². The summed E-state index contributed by atoms with van der Waals surface area (Å²) in [6.07, 6.45) is 7.98. The molecule has 1 amide bonds. The molecule has 1 aromatic carbocycles. The minimum atomic E-state index is -0.134. The number of hydrogen-bond acceptors (Lipinski definition) is 6. The third-order valence-electron chi connectivity index (χ3n) is 6.29. The summed E-state index contributed by atoms with van der Waals surface area (Å²) in [5, 5.41) is 0. The maximum absolute atomic E-state index is 12.9. The van der Waals surface area contributed by atoms with Crippen LogP contribution in [0.15, 0.2) is 78.5 Å². The second-order valence-corrected chi connectivity index (χ2v) is 9.25. The summed E-state index contributed by atoms with van der Waals surface area (Å²) >= 11 is 0. The Morgan fingerprint density at radius 3 is 2.31 bits per heavy atom. The molecule has 3 rings (SSSR count). The van der Waals surface area contributed by atoms with E-state index in [0.29, 0.717) is 50.2 Å². The molecule has 2 heterocycles. The second-order valence-electron chi connectivity index (χ2n) is 9.25. The number of allylic oxidation sites excluding steroid dienone is 4. The van der Waals surface area contributed by atoms with Crippen LogP contribution in [0.2, 0.25) is 0 Å². The summed E-state index contributed by atoms with van der Waals surface area (Å²) in [5.41, 5.74) is 3.96. The van der Waals surface area contributed by atoms with Crippen LogP contribution in [-0.2, 0) is 16.1 Å². The minimum Gasteiger partial charge on any atom is -0.483 e. The predicted molar refractivity (Wildman–Crippen MR) is 141 cm³/mol. The van der Waals surface area contributed by atoms with E-state index in [4.69, 9.17) is 4.74 Å². The van der Waals surface area contributed by atoms with Crippen molar-refractivity contribution in [1.82, 2.24) is 19.8 Å². The monoisotopic (exact) mass is 488 g/mol. The molecule has 0 aliphatic carbocycles. The Morgan fingerprint density at radius 2 is 1.72 bits per heavy atom. The third-order valence-corrected chi connectivity index (χ3v) is 6.29. The Labute approximate surface area is 214 Å². The van der Waals surface area contributed by atoms with Crippen LogP contribution >= 0.6 is 0 Å². The summed E-state index contributed by atoms with van der Waals surface area (Å²) in [4.78, 5) is 37.9. The van der Waals surface area contributed by atoms with E-state index in [0.717, 1.165) is 28.9 Å². The maximum atomic E-state index is 12.9. The zero-order valence-corrected chi connectivity index (χ0v) is 21.7. The molecule has 0 spiro atoms. The summed E-state index contributed by atoms with van der Waals surface area (Å²) in [6, 6.07) is 9.79. The van der Waals surface area contributed by atoms with Crippen LogP contribution in [0, 0.1) is 12.8 Å². The van der Waals surface area contributed by atoms with Crippen molar-refractivity contribution >= 4 is 11.7 Å². The average molecular weight is 489 g/mol. The van der Waals surface area contributed by atoms with Gasteiger partial charge in [0.15, 0.2) is 11.5 Å². The first-order valence-corrected chi connectivity index (χ1v) is 12.3. The number of Topliss-reactive ketones (excluding diaryl/α,β-unsaturated/α-hetero) is 1. The number of piperazine rings is 1. The topological polar surface area (TPSA) is 75.6 Å². The van der Waals surface area contributed by atoms with Crippen LogP contribution in [0.25, 0.3) is 0 Å². The number of carbonyl (C=O) groups is 2. The van der Waals surface area contributed by atoms with Gasteiger partial charge in [-0.25, -0.2) is 4.98 Å². The molecule has 1 fully saturated rings. The van der Waals surface area contributed by atoms with Crippen LogP contribution in [-0.4, -0.2) is 57.6 Å². The molecule has 1 aromatic heterocycles. The van der Waals surface area contributed by atoms with Crippen molar-refractivity contribution in [1.29, 1.82) is 0 Å². The van der Waals surface area contributed by atoms with E-state index < -0.39 is 0 Å². The molecule has 1 unspecified atom stereocenters. The van der Waals surface area contributed by atoms with E-state index >= 15 is 0 Å². The third kappa shape index (κ3) is 7.38. The molecule has 0 saturated carbocycles. The van der Waals surface area contributed by atoms with E-state index in [-0.39, 0.29) is 11.7 Å². The quantitative estimate of drug-likeness (QED) is 0.209. The van der Waals surface area contributed by atoms with Gasteiger partial charge in [-0.3, -0.25) is 14.6 Å². The van der Waals surface area contributed by atoms with Gasteiger partial charge >= 0.3 is 0 Å². The number of nitrogens with zero attached hydrogens (tertiary/aromatic N) is 4. The molecule has 0 radical (unpaired) electrons. The smallest absolute Gasteiger partial charge is 0.274 e. The molecule has 0 bridgehead atoms. The minimum absolute atomic E-state index is 0.132. The normalized spacial score (nSPS) is 15.4. The second kappa shape index (κ2) is 12.8. The molecule has 1 aliphatic rings. The number of aryl methyl sites for hydroxylation is 1. The SMILES string of the molecule is C=C(C)C(C)C/C=C/C(=C(/OCc1ccccc1)C(C)=O)N1CCN(C(=O)c2cnc(C)cn2)CC1. The van der Waals surface area contributed by atoms with Gasteiger partial charge in [-0.2, -0.15) is 0 Å². The number of ketones is 1. The number of aromatic nitrogens is 2. The molecule has 7 heteroatoms. The highest BCUT2D eigenvalue weighted by molar-refractivity contribution is 5.93. The molecule has 2 aromatic rings. The summed E-state index contributed by atoms with van der Waals surface area (Å²) in [6.45, 7) is 14.0. The largest absolute Gasteiger partial charge is 0.483 e. The first-order chi connectivity index (χ1) is 17.3. The maximum Gasteiger partial charge on any atom is 0.274 e. The number of hydrogen-bond donors (Lipinski definition) is 0. The van der Waals surface area contributed by atoms with Crippen LogP contribution in [0.3, 0.4) is 0 Å². The zero-order chi connectivity index (χ0) is 26.1. The van der Waals surface area contributed by atoms with Crippen molar-refractivity contribution < 1.29 is 14.3 Å². The van der Waals surface area contributed by atoms with E-state index in [9.17, 15) is 9.59 Å². The Bertz CT molecular complexity index is 1110. The van der Waals surface area contributed by atoms with Gasteiger partial charge in [0.2, 0.25) is 0 Å². The van der Waals surface area contributed by atoms with Gasteiger partial charge in [0.25, 0.3) is 5.91 Å². The van der Waals surface area contributed by atoms with E-state index in [2.05, 4.69) is 34.4 Å². The van der Waals surface area contributed by atoms with Gasteiger partial charge in [0.1, 0.15) is 12.3 Å². The molecular formula is C29H36N4O3. The number of rotatable bonds is 10. The van der Waals surface area contributed by atoms with Crippen LogP contribution in [0.5, 0.6) is 0 Å². The van der Waals surface area contributed by atoms with Gasteiger partial charge in [0.05, 0.1) is 17.6 Å². The highest BCUT2D eigenvalue weighted by Crippen LogP contribution is 2.21. The standard InChI is InChI=1S/C29H36N4O3/c1-21(2)22(3)10-9-13-27(28(24(5)34)36-20-25-11-7-6-8-12-25)32-14-16-33(17-15-32)29(35)26-19-30-23(4)18-31-26/h6-9,11-13,18-19,22H,1,10,14-17,20H2,2-5H3/b13-9+,28-27-. The summed E-state index contributed by atoms with van der Waals surface area (Å²) in [5.74, 6) is 0.401. The van der Waals surface area contributed by atoms with Crippen molar-refractivity contribution in [2.45, 2.75) is 40.7 Å². The highest BCUT2D eigenvalue weighted by atomic mass is 16.5. The first kappa shape index (κ1) is 26.9. The fraction of sp³-hybridized carbons (Fsp3) is 0.379. The van der Waals surface area contributed by atoms with Gasteiger partial charge in [0, 0.05) is 39.3 Å². The molecule has 0 N–H and O–H groups in total. The number of ether oxygens (including phenoxy) is 1. The van der Waals surface area contributed by atoms with Crippen molar-refractivity contribution in [3.63, 3.8) is 0 Å². The number of benzene rings is 1. The average Bonchev–Trinajstić information content (AvgIpc) is 2.88. The van der Waals surface area contributed by atoms with Crippen molar-refractivity contribution in [3.8, 4) is 0 Å². The van der Waals surface area contributed by atoms with E-state index in [1.54, 1.807) is 11.1 Å². The number of carbonyl (C=O) groups excluding carboxylic acids is 2. The summed E-state index contributed by atoms with van der Waals surface area (Å²) < 4.78 is 6.09. The van der Waals surface area contributed by atoms with Crippen molar-refractivity contribution in [2.75, 3.05) is 26.2 Å². The molecule has 1 atom stereocenters. The van der Waals surface area contributed by atoms with Crippen molar-refractivity contribution in [2.24, 2.45) is 5.92 Å². The first-order valence-electron chi connectivity index (χ1n) is 12.3. The summed E-state index contributed by atoms with van der Waals surface area (Å²) in [7, 11) is 0. The lowest BCUT2D eigenvalue weighted by molar-refractivity contribution is -0.117. The Hall–Kier alpha value is -3.74. The molecule has 36 heavy (non-hydrogen) atoms. The van der Waals surface area contributed by atoms with Gasteiger partial charge in [-0.1, -0.05) is 55.5 Å². The molecule has 1 saturated heterocycles. The molecule has 1 aliphatic heterocycles. The van der Waals surface area contributed by atoms with Crippen molar-refractivity contribution in [3.05, 3.63) is 95.4 Å². The molecule has 190 valence electrons. The Balaban J connectivity index is 1.80. The fourth-order valence-electron chi connectivity index (χ4n) is 3.81. The van der Waals surface area contributed by atoms with E-state index in [1.165, 1.54) is 13.1 Å². The van der Waals surface area contributed by atoms with Crippen LogP contribution < -0.4 is 0 Å². The Kier molecular flexibility index (Phi) is 9.56. The van der Waals surface area contributed by atoms with Gasteiger partial charge in [-0.15, -0.1) is 0 Å². The molecular weight excluding hydrogens is 452 g/mol. The lowest BCUT2D eigenvalue weighted by Crippen LogP contribution is -2.48. The van der Waals surface area contributed by atoms with Crippen LogP contribution in [0.1, 0.15) is 48.9 Å². The lowest BCUT2D eigenvalue weighted by atomic mass is 10.00. The van der Waals surface area contributed by atoms with Gasteiger partial charge in [-0.05, 0) is 37.8 Å². The zero-order valence-electron chi connectivity index (χ0n) is 21.7.